The fraction of sp³-hybridized carbons (Fsp3) is 0.156. The van der Waals surface area contributed by atoms with Crippen molar-refractivity contribution in [3.05, 3.63) is 125 Å². The van der Waals surface area contributed by atoms with Crippen LogP contribution in [0.4, 0.5) is 0 Å². The quantitative estimate of drug-likeness (QED) is 0.149. The third-order valence-electron chi connectivity index (χ3n) is 6.22. The first-order chi connectivity index (χ1) is 18.4. The van der Waals surface area contributed by atoms with Crippen LogP contribution in [0.3, 0.4) is 0 Å². The molecule has 4 aromatic rings. The first-order valence-electron chi connectivity index (χ1n) is 12.5. The summed E-state index contributed by atoms with van der Waals surface area (Å²) in [6.45, 7) is 6.85. The highest BCUT2D eigenvalue weighted by Crippen LogP contribution is 2.34. The molecule has 0 spiro atoms. The first kappa shape index (κ1) is 25.5. The Balaban J connectivity index is 1.37. The van der Waals surface area contributed by atoms with Gasteiger partial charge in [-0.3, -0.25) is 9.69 Å². The van der Waals surface area contributed by atoms with Crippen molar-refractivity contribution in [1.82, 2.24) is 4.90 Å². The van der Waals surface area contributed by atoms with Gasteiger partial charge in [0.05, 0.1) is 23.9 Å². The first-order valence-corrected chi connectivity index (χ1v) is 13.3. The van der Waals surface area contributed by atoms with Crippen molar-refractivity contribution in [3.8, 4) is 11.1 Å². The monoisotopic (exact) mass is 519 g/mol. The Kier molecular flexibility index (Phi) is 7.43. The summed E-state index contributed by atoms with van der Waals surface area (Å²) in [7, 11) is 0. The van der Waals surface area contributed by atoms with E-state index in [4.69, 9.17) is 4.42 Å². The van der Waals surface area contributed by atoms with E-state index >= 15 is 0 Å². The van der Waals surface area contributed by atoms with Crippen LogP contribution in [0.25, 0.3) is 17.2 Å². The van der Waals surface area contributed by atoms with Gasteiger partial charge in [-0.25, -0.2) is 0 Å². The van der Waals surface area contributed by atoms with E-state index in [2.05, 4.69) is 67.4 Å². The van der Waals surface area contributed by atoms with Crippen LogP contribution in [0.2, 0.25) is 0 Å². The molecule has 1 aliphatic heterocycles. The predicted octanol–water partition coefficient (Wildman–Crippen LogP) is 7.75. The van der Waals surface area contributed by atoms with Gasteiger partial charge in [-0.2, -0.15) is 5.10 Å². The Hall–Kier alpha value is -4.16. The normalized spacial score (nSPS) is 16.3. The summed E-state index contributed by atoms with van der Waals surface area (Å²) in [6.07, 6.45) is 5.21. The Morgan fingerprint density at radius 2 is 1.53 bits per heavy atom. The van der Waals surface area contributed by atoms with Crippen molar-refractivity contribution in [3.63, 3.8) is 0 Å². The lowest BCUT2D eigenvalue weighted by atomic mass is 9.87. The molecule has 0 unspecified atom stereocenters. The van der Waals surface area contributed by atoms with Gasteiger partial charge in [0, 0.05) is 0 Å². The van der Waals surface area contributed by atoms with E-state index in [9.17, 15) is 4.79 Å². The van der Waals surface area contributed by atoms with Crippen molar-refractivity contribution in [2.45, 2.75) is 32.7 Å². The number of carbonyl (C=O) groups excluding carboxylic acids is 1. The fourth-order valence-electron chi connectivity index (χ4n) is 4.05. The molecule has 1 aromatic heterocycles. The van der Waals surface area contributed by atoms with Gasteiger partial charge in [0.2, 0.25) is 0 Å². The molecule has 0 N–H and O–H groups in total. The van der Waals surface area contributed by atoms with E-state index in [-0.39, 0.29) is 11.3 Å². The zero-order chi connectivity index (χ0) is 26.5. The SMILES string of the molecule is CC(C)(C)c1ccc(/C=C2\S/C(=N/N=C\c3ccc(-c4ccccc4)cc3)N(Cc3ccco3)C2=O)cc1. The summed E-state index contributed by atoms with van der Waals surface area (Å²) in [5.41, 5.74) is 5.52. The van der Waals surface area contributed by atoms with Crippen LogP contribution in [-0.2, 0) is 16.8 Å². The second-order valence-corrected chi connectivity index (χ2v) is 11.1. The average Bonchev–Trinajstić information content (AvgIpc) is 3.54. The molecule has 38 heavy (non-hydrogen) atoms. The van der Waals surface area contributed by atoms with Gasteiger partial charge in [0.25, 0.3) is 5.91 Å². The highest BCUT2D eigenvalue weighted by atomic mass is 32.2. The van der Waals surface area contributed by atoms with Crippen LogP contribution in [0.1, 0.15) is 43.2 Å². The molecule has 5 rings (SSSR count). The van der Waals surface area contributed by atoms with Gasteiger partial charge in [0.15, 0.2) is 5.17 Å². The van der Waals surface area contributed by atoms with E-state index in [0.717, 1.165) is 22.3 Å². The summed E-state index contributed by atoms with van der Waals surface area (Å²) in [5, 5.41) is 9.25. The second kappa shape index (κ2) is 11.1. The second-order valence-electron chi connectivity index (χ2n) is 10.1. The number of amidine groups is 1. The number of hydrogen-bond donors (Lipinski definition) is 0. The van der Waals surface area contributed by atoms with Gasteiger partial charge in [-0.05, 0) is 63.2 Å². The Bertz CT molecular complexity index is 1480. The molecular formula is C32H29N3O2S. The zero-order valence-corrected chi connectivity index (χ0v) is 22.5. The summed E-state index contributed by atoms with van der Waals surface area (Å²) >= 11 is 1.32. The molecule has 2 heterocycles. The van der Waals surface area contributed by atoms with Crippen LogP contribution in [0, 0.1) is 0 Å². The van der Waals surface area contributed by atoms with E-state index in [0.29, 0.717) is 22.4 Å². The standard InChI is InChI=1S/C32H29N3O2S/c1-32(2,3)27-17-13-23(14-18-27)20-29-30(36)35(22-28-10-7-19-37-28)31(38-29)34-33-21-24-11-15-26(16-12-24)25-8-5-4-6-9-25/h4-21H,22H2,1-3H3/b29-20-,33-21-,34-31+. The Labute approximate surface area is 227 Å². The fourth-order valence-corrected chi connectivity index (χ4v) is 4.98. The minimum Gasteiger partial charge on any atom is -0.467 e. The van der Waals surface area contributed by atoms with Crippen LogP contribution in [-0.4, -0.2) is 22.2 Å². The molecule has 1 fully saturated rings. The summed E-state index contributed by atoms with van der Waals surface area (Å²) < 4.78 is 5.50. The van der Waals surface area contributed by atoms with Crippen molar-refractivity contribution in [2.24, 2.45) is 10.2 Å². The van der Waals surface area contributed by atoms with Crippen LogP contribution in [0.5, 0.6) is 0 Å². The third kappa shape index (κ3) is 6.03. The van der Waals surface area contributed by atoms with Crippen molar-refractivity contribution >= 4 is 35.1 Å². The summed E-state index contributed by atoms with van der Waals surface area (Å²) in [6, 6.07) is 30.3. The number of hydrogen-bond acceptors (Lipinski definition) is 5. The smallest absolute Gasteiger partial charge is 0.267 e. The number of thioether (sulfide) groups is 1. The van der Waals surface area contributed by atoms with Gasteiger partial charge >= 0.3 is 0 Å². The maximum Gasteiger partial charge on any atom is 0.267 e. The zero-order valence-electron chi connectivity index (χ0n) is 21.7. The van der Waals surface area contributed by atoms with Crippen LogP contribution >= 0.6 is 11.8 Å². The Morgan fingerprint density at radius 3 is 2.18 bits per heavy atom. The Morgan fingerprint density at radius 1 is 0.842 bits per heavy atom. The maximum absolute atomic E-state index is 13.3. The van der Waals surface area contributed by atoms with Crippen LogP contribution in [0.15, 0.2) is 117 Å². The minimum absolute atomic E-state index is 0.0726. The molecule has 6 heteroatoms. The highest BCUT2D eigenvalue weighted by molar-refractivity contribution is 8.18. The molecule has 1 saturated heterocycles. The molecule has 0 atom stereocenters. The number of nitrogens with zero attached hydrogens (tertiary/aromatic N) is 3. The van der Waals surface area contributed by atoms with E-state index < -0.39 is 0 Å². The van der Waals surface area contributed by atoms with Crippen molar-refractivity contribution in [2.75, 3.05) is 0 Å². The lowest BCUT2D eigenvalue weighted by Gasteiger charge is -2.18. The minimum atomic E-state index is -0.118. The van der Waals surface area contributed by atoms with Crippen molar-refractivity contribution in [1.29, 1.82) is 0 Å². The largest absolute Gasteiger partial charge is 0.467 e. The van der Waals surface area contributed by atoms with Gasteiger partial charge < -0.3 is 4.42 Å². The molecule has 0 bridgehead atoms. The highest BCUT2D eigenvalue weighted by Gasteiger charge is 2.34. The molecule has 0 aliphatic carbocycles. The topological polar surface area (TPSA) is 58.2 Å². The van der Waals surface area contributed by atoms with Crippen molar-refractivity contribution < 1.29 is 9.21 Å². The number of carbonyl (C=O) groups is 1. The van der Waals surface area contributed by atoms with E-state index in [1.54, 1.807) is 17.4 Å². The van der Waals surface area contributed by atoms with Crippen LogP contribution < -0.4 is 0 Å². The van der Waals surface area contributed by atoms with E-state index in [1.807, 2.05) is 60.7 Å². The predicted molar refractivity (Wildman–Crippen MR) is 157 cm³/mol. The number of furan rings is 1. The van der Waals surface area contributed by atoms with Gasteiger partial charge in [0.1, 0.15) is 5.76 Å². The summed E-state index contributed by atoms with van der Waals surface area (Å²) in [4.78, 5) is 15.5. The van der Waals surface area contributed by atoms with Gasteiger partial charge in [-0.15, -0.1) is 5.10 Å². The lowest BCUT2D eigenvalue weighted by molar-refractivity contribution is -0.122. The molecule has 0 radical (unpaired) electrons. The maximum atomic E-state index is 13.3. The lowest BCUT2D eigenvalue weighted by Crippen LogP contribution is -2.28. The summed E-state index contributed by atoms with van der Waals surface area (Å²) in [5.74, 6) is 0.565. The van der Waals surface area contributed by atoms with E-state index in [1.165, 1.54) is 17.3 Å². The molecule has 0 saturated carbocycles. The average molecular weight is 520 g/mol. The number of amides is 1. The van der Waals surface area contributed by atoms with Gasteiger partial charge in [-0.1, -0.05) is 99.6 Å². The molecule has 3 aromatic carbocycles. The molecule has 1 amide bonds. The number of rotatable bonds is 6. The number of benzene rings is 3. The molecule has 190 valence electrons. The molecule has 5 nitrogen and oxygen atoms in total. The molecular weight excluding hydrogens is 490 g/mol. The third-order valence-corrected chi connectivity index (χ3v) is 7.22. The molecule has 1 aliphatic rings.